The quantitative estimate of drug-likeness (QED) is 0.156. The van der Waals surface area contributed by atoms with Gasteiger partial charge in [0.2, 0.25) is 0 Å². The molecule has 0 unspecified atom stereocenters. The lowest BCUT2D eigenvalue weighted by Gasteiger charge is -2.32. The van der Waals surface area contributed by atoms with E-state index in [1.54, 1.807) is 0 Å². The summed E-state index contributed by atoms with van der Waals surface area (Å²) in [6, 6.07) is 94.1. The largest absolute Gasteiger partial charge is 0.494 e. The predicted molar refractivity (Wildman–Crippen MR) is 378 cm³/mol. The van der Waals surface area contributed by atoms with Gasteiger partial charge in [-0.1, -0.05) is 199 Å². The zero-order chi connectivity index (χ0) is 59.8. The van der Waals surface area contributed by atoms with Gasteiger partial charge in [-0.2, -0.15) is 0 Å². The van der Waals surface area contributed by atoms with E-state index >= 15 is 0 Å². The smallest absolute Gasteiger partial charge is 0.456 e. The van der Waals surface area contributed by atoms with E-state index in [4.69, 9.17) is 18.1 Å². The second-order valence-electron chi connectivity index (χ2n) is 23.5. The fourth-order valence-corrected chi connectivity index (χ4v) is 13.4. The second-order valence-corrected chi connectivity index (χ2v) is 26.2. The van der Waals surface area contributed by atoms with Crippen LogP contribution in [0.4, 0.5) is 0 Å². The monoisotopic (exact) mass is 1330 g/mol. The van der Waals surface area contributed by atoms with E-state index in [1.807, 2.05) is 36.4 Å². The Morgan fingerprint density at radius 2 is 0.557 bits per heavy atom. The van der Waals surface area contributed by atoms with Crippen molar-refractivity contribution in [2.24, 2.45) is 0 Å². The summed E-state index contributed by atoms with van der Waals surface area (Å²) in [5.41, 5.74) is 18.4. The average molecular weight is 1340 g/mol. The number of para-hydroxylation sites is 4. The number of furan rings is 2. The topological polar surface area (TPSA) is 54.6 Å². The third-order valence-corrected chi connectivity index (χ3v) is 19.0. The van der Waals surface area contributed by atoms with Crippen molar-refractivity contribution in [3.63, 3.8) is 0 Å². The maximum absolute atomic E-state index is 6.20. The van der Waals surface area contributed by atoms with Crippen molar-refractivity contribution in [1.29, 1.82) is 0 Å². The summed E-state index contributed by atoms with van der Waals surface area (Å²) in [7, 11) is -0.336. The number of hydrogen-bond donors (Lipinski definition) is 0. The minimum absolute atomic E-state index is 0.334. The maximum atomic E-state index is 6.20. The Labute approximate surface area is 535 Å². The van der Waals surface area contributed by atoms with E-state index in [0.29, 0.717) is 0 Å². The van der Waals surface area contributed by atoms with Crippen LogP contribution in [0.2, 0.25) is 0 Å². The fourth-order valence-electron chi connectivity index (χ4n) is 12.3. The van der Waals surface area contributed by atoms with E-state index in [1.165, 1.54) is 82.7 Å². The standard InChI is InChI=1S/C36H22BrNO.C30H28BNO2.C12H6Br2O/c37-27-16-20-36-32(22-27)31-21-26(15-19-35(31)39-36)25-11-9-23(10-12-25)24-13-17-28(18-14-24)38-33-7-3-1-5-29(33)30-6-2-4-8-34(30)38;1-29(2)30(3,4)34-31(33-29)23-17-13-21(14-18-23)22-15-19-24(20-16-22)32-27-11-7-5-9-25(27)26-10-6-8-12-28(26)32;13-7-1-3-11-9(5-7)10-6-8(14)2-4-12(10)15-11/h1-22H;5-20H,1-4H3;1-6H. The molecule has 1 aliphatic heterocycles. The van der Waals surface area contributed by atoms with Crippen molar-refractivity contribution in [3.8, 4) is 44.8 Å². The van der Waals surface area contributed by atoms with Crippen molar-refractivity contribution in [2.75, 3.05) is 0 Å². The number of aromatic nitrogens is 2. The Balaban J connectivity index is 0.000000121. The van der Waals surface area contributed by atoms with Crippen LogP contribution >= 0.6 is 47.8 Å². The summed E-state index contributed by atoms with van der Waals surface area (Å²) >= 11 is 10.5. The summed E-state index contributed by atoms with van der Waals surface area (Å²) in [5, 5.41) is 9.65. The normalized spacial score (nSPS) is 13.7. The molecule has 17 rings (SSSR count). The molecule has 1 saturated heterocycles. The number of halogens is 3. The summed E-state index contributed by atoms with van der Waals surface area (Å²) in [5.74, 6) is 0. The highest BCUT2D eigenvalue weighted by Gasteiger charge is 2.51. The molecule has 1 fully saturated rings. The van der Waals surface area contributed by atoms with Crippen molar-refractivity contribution in [3.05, 3.63) is 280 Å². The molecule has 4 aromatic heterocycles. The SMILES string of the molecule is Brc1ccc2oc3ccc(-c4ccc(-c5ccc(-n6c7ccccc7c7ccccc76)cc5)cc4)cc3c2c1.Brc1ccc2oc3ccc(Br)cc3c2c1.CC1(C)OB(c2ccc(-c3ccc(-n4c5ccccc5c5ccccc54)cc3)cc2)OC1(C)C. The van der Waals surface area contributed by atoms with Gasteiger partial charge < -0.3 is 27.3 Å². The molecule has 426 valence electrons. The highest BCUT2D eigenvalue weighted by Crippen LogP contribution is 2.40. The molecule has 88 heavy (non-hydrogen) atoms. The van der Waals surface area contributed by atoms with Crippen molar-refractivity contribution in [1.82, 2.24) is 9.13 Å². The Kier molecular flexibility index (Phi) is 14.2. The van der Waals surface area contributed by atoms with Gasteiger partial charge in [0.1, 0.15) is 22.3 Å². The minimum atomic E-state index is -0.336. The third-order valence-electron chi connectivity index (χ3n) is 17.6. The van der Waals surface area contributed by atoms with E-state index < -0.39 is 0 Å². The van der Waals surface area contributed by atoms with E-state index in [2.05, 4.69) is 315 Å². The van der Waals surface area contributed by atoms with Gasteiger partial charge >= 0.3 is 7.12 Å². The number of benzene rings is 12. The Morgan fingerprint density at radius 1 is 0.284 bits per heavy atom. The first-order valence-electron chi connectivity index (χ1n) is 29.4. The maximum Gasteiger partial charge on any atom is 0.494 e. The highest BCUT2D eigenvalue weighted by molar-refractivity contribution is 9.11. The molecule has 5 heterocycles. The summed E-state index contributed by atoms with van der Waals surface area (Å²) in [6.07, 6.45) is 0. The summed E-state index contributed by atoms with van der Waals surface area (Å²) in [4.78, 5) is 0. The van der Waals surface area contributed by atoms with Crippen LogP contribution in [0, 0.1) is 0 Å². The average Bonchev–Trinajstić information content (AvgIpc) is 1.80. The number of fused-ring (bicyclic) bond motifs is 12. The van der Waals surface area contributed by atoms with Crippen LogP contribution in [0.15, 0.2) is 289 Å². The van der Waals surface area contributed by atoms with Gasteiger partial charge in [0.05, 0.1) is 33.3 Å². The van der Waals surface area contributed by atoms with Gasteiger partial charge in [-0.15, -0.1) is 0 Å². The van der Waals surface area contributed by atoms with E-state index in [0.717, 1.165) is 68.4 Å². The molecule has 6 nitrogen and oxygen atoms in total. The van der Waals surface area contributed by atoms with Crippen molar-refractivity contribution >= 4 is 148 Å². The first kappa shape index (κ1) is 55.8. The molecule has 0 saturated carbocycles. The molecule has 1 aliphatic rings. The van der Waals surface area contributed by atoms with Crippen molar-refractivity contribution in [2.45, 2.75) is 38.9 Å². The zero-order valence-corrected chi connectivity index (χ0v) is 53.4. The van der Waals surface area contributed by atoms with Crippen molar-refractivity contribution < 1.29 is 18.1 Å². The second kappa shape index (κ2) is 22.4. The molecular formula is C78H56BBr3N2O4. The molecule has 0 N–H and O–H groups in total. The third kappa shape index (κ3) is 10.2. The van der Waals surface area contributed by atoms with Crippen LogP contribution in [-0.2, 0) is 9.31 Å². The van der Waals surface area contributed by atoms with Gasteiger partial charge in [-0.3, -0.25) is 0 Å². The summed E-state index contributed by atoms with van der Waals surface area (Å²) < 4.78 is 32.0. The van der Waals surface area contributed by atoms with E-state index in [-0.39, 0.29) is 18.3 Å². The molecule has 0 bridgehead atoms. The van der Waals surface area contributed by atoms with Gasteiger partial charge in [0, 0.05) is 67.9 Å². The van der Waals surface area contributed by atoms with Crippen LogP contribution in [0.1, 0.15) is 27.7 Å². The first-order valence-corrected chi connectivity index (χ1v) is 31.8. The molecule has 0 atom stereocenters. The Hall–Kier alpha value is -8.74. The fraction of sp³-hybridized carbons (Fsp3) is 0.0769. The lowest BCUT2D eigenvalue weighted by atomic mass is 9.78. The van der Waals surface area contributed by atoms with Gasteiger partial charge in [0.25, 0.3) is 0 Å². The molecule has 16 aromatic rings. The Bertz CT molecular complexity index is 5130. The van der Waals surface area contributed by atoms with Crippen LogP contribution in [0.5, 0.6) is 0 Å². The first-order chi connectivity index (χ1) is 42.8. The van der Waals surface area contributed by atoms with Crippen LogP contribution in [0.25, 0.3) is 132 Å². The van der Waals surface area contributed by atoms with E-state index in [9.17, 15) is 0 Å². The van der Waals surface area contributed by atoms with Gasteiger partial charge in [-0.05, 0) is 182 Å². The molecule has 0 radical (unpaired) electrons. The molecule has 10 heteroatoms. The molecule has 0 aliphatic carbocycles. The number of rotatable bonds is 6. The molecular weight excluding hydrogens is 1280 g/mol. The molecule has 0 spiro atoms. The van der Waals surface area contributed by atoms with Gasteiger partial charge in [0.15, 0.2) is 0 Å². The lowest BCUT2D eigenvalue weighted by Crippen LogP contribution is -2.41. The predicted octanol–water partition coefficient (Wildman–Crippen LogP) is 22.6. The number of nitrogens with zero attached hydrogens (tertiary/aromatic N) is 2. The van der Waals surface area contributed by atoms with Crippen LogP contribution < -0.4 is 5.46 Å². The zero-order valence-electron chi connectivity index (χ0n) is 48.6. The Morgan fingerprint density at radius 3 is 0.909 bits per heavy atom. The summed E-state index contributed by atoms with van der Waals surface area (Å²) in [6.45, 7) is 8.33. The number of hydrogen-bond acceptors (Lipinski definition) is 4. The molecule has 12 aromatic carbocycles. The lowest BCUT2D eigenvalue weighted by molar-refractivity contribution is 0.00578. The van der Waals surface area contributed by atoms with Gasteiger partial charge in [-0.25, -0.2) is 0 Å². The molecule has 0 amide bonds. The van der Waals surface area contributed by atoms with Crippen LogP contribution in [0.3, 0.4) is 0 Å². The highest BCUT2D eigenvalue weighted by atomic mass is 79.9. The minimum Gasteiger partial charge on any atom is -0.456 e. The van der Waals surface area contributed by atoms with Crippen LogP contribution in [-0.4, -0.2) is 27.5 Å².